The first-order valence-electron chi connectivity index (χ1n) is 5.44. The number of carbonyl (C=O) groups excluding carboxylic acids is 1. The van der Waals surface area contributed by atoms with Crippen LogP contribution in [0.5, 0.6) is 0 Å². The fourth-order valence-electron chi connectivity index (χ4n) is 1.61. The van der Waals surface area contributed by atoms with E-state index in [9.17, 15) is 4.79 Å². The molecule has 0 unspecified atom stereocenters. The lowest BCUT2D eigenvalue weighted by Crippen LogP contribution is -2.53. The molecule has 0 saturated carbocycles. The molecule has 16 heavy (non-hydrogen) atoms. The summed E-state index contributed by atoms with van der Waals surface area (Å²) in [6.07, 6.45) is 3.68. The summed E-state index contributed by atoms with van der Waals surface area (Å²) in [5, 5.41) is 0. The molecular weight excluding hydrogens is 204 g/mol. The molecule has 1 aromatic heterocycles. The lowest BCUT2D eigenvalue weighted by Gasteiger charge is -2.37. The van der Waals surface area contributed by atoms with Crippen LogP contribution >= 0.6 is 0 Å². The Morgan fingerprint density at radius 2 is 2.00 bits per heavy atom. The van der Waals surface area contributed by atoms with Gasteiger partial charge in [-0.1, -0.05) is 13.8 Å². The van der Waals surface area contributed by atoms with E-state index in [1.165, 1.54) is 0 Å². The van der Waals surface area contributed by atoms with Gasteiger partial charge in [0.2, 0.25) is 11.9 Å². The van der Waals surface area contributed by atoms with Crippen molar-refractivity contribution in [2.24, 2.45) is 11.7 Å². The maximum absolute atomic E-state index is 10.9. The summed E-state index contributed by atoms with van der Waals surface area (Å²) in [5.41, 5.74) is 6.32. The summed E-state index contributed by atoms with van der Waals surface area (Å²) >= 11 is 0. The fraction of sp³-hybridized carbons (Fsp3) is 0.545. The van der Waals surface area contributed by atoms with Gasteiger partial charge in [0.1, 0.15) is 0 Å². The normalized spacial score (nSPS) is 16.3. The molecule has 5 nitrogen and oxygen atoms in total. The largest absolute Gasteiger partial charge is 0.369 e. The zero-order chi connectivity index (χ0) is 11.7. The topological polar surface area (TPSA) is 72.1 Å². The number of amides is 1. The van der Waals surface area contributed by atoms with E-state index in [0.29, 0.717) is 25.0 Å². The van der Waals surface area contributed by atoms with Gasteiger partial charge in [0, 0.05) is 25.5 Å². The second-order valence-electron chi connectivity index (χ2n) is 4.48. The lowest BCUT2D eigenvalue weighted by atomic mass is 10.0. The molecule has 5 heteroatoms. The minimum absolute atomic E-state index is 0.0478. The van der Waals surface area contributed by atoms with Crippen LogP contribution in [0.1, 0.15) is 25.3 Å². The zero-order valence-corrected chi connectivity index (χ0v) is 9.55. The molecule has 0 aliphatic carbocycles. The Bertz CT molecular complexity index is 381. The smallest absolute Gasteiger partial charge is 0.225 e. The highest BCUT2D eigenvalue weighted by molar-refractivity contribution is 5.79. The minimum Gasteiger partial charge on any atom is -0.369 e. The predicted octanol–water partition coefficient (Wildman–Crippen LogP) is 0.521. The number of nitrogens with two attached hydrogens (primary N) is 1. The molecule has 0 aromatic carbocycles. The third-order valence-electron chi connectivity index (χ3n) is 2.89. The van der Waals surface area contributed by atoms with Crippen LogP contribution in [0.4, 0.5) is 5.95 Å². The Morgan fingerprint density at radius 1 is 1.44 bits per heavy atom. The molecule has 0 atom stereocenters. The van der Waals surface area contributed by atoms with Crippen LogP contribution in [-0.4, -0.2) is 29.0 Å². The first kappa shape index (κ1) is 10.9. The average Bonchev–Trinajstić information content (AvgIpc) is 2.15. The Labute approximate surface area is 94.7 Å². The van der Waals surface area contributed by atoms with Crippen LogP contribution in [0.2, 0.25) is 0 Å². The van der Waals surface area contributed by atoms with Crippen LogP contribution in [0.25, 0.3) is 0 Å². The molecule has 1 aromatic rings. The van der Waals surface area contributed by atoms with Crippen molar-refractivity contribution in [3.05, 3.63) is 18.0 Å². The van der Waals surface area contributed by atoms with E-state index in [4.69, 9.17) is 5.73 Å². The van der Waals surface area contributed by atoms with Crippen LogP contribution in [0, 0.1) is 5.92 Å². The Morgan fingerprint density at radius 3 is 2.44 bits per heavy atom. The number of nitrogens with zero attached hydrogens (tertiary/aromatic N) is 3. The van der Waals surface area contributed by atoms with E-state index in [-0.39, 0.29) is 11.8 Å². The van der Waals surface area contributed by atoms with Crippen molar-refractivity contribution < 1.29 is 4.79 Å². The second-order valence-corrected chi connectivity index (χ2v) is 4.48. The van der Waals surface area contributed by atoms with Crippen LogP contribution < -0.4 is 10.6 Å². The second kappa shape index (κ2) is 4.08. The Balaban J connectivity index is 1.99. The average molecular weight is 220 g/mol. The number of carbonyl (C=O) groups is 1. The van der Waals surface area contributed by atoms with Crippen LogP contribution in [0.15, 0.2) is 12.4 Å². The van der Waals surface area contributed by atoms with E-state index in [2.05, 4.69) is 23.8 Å². The standard InChI is InChI=1S/C11H16N4O/c1-7(2)8-3-13-11(14-4-8)15-5-9(6-15)10(12)16/h3-4,7,9H,5-6H2,1-2H3,(H2,12,16). The van der Waals surface area contributed by atoms with Crippen LogP contribution in [0.3, 0.4) is 0 Å². The number of primary amides is 1. The number of hydrogen-bond acceptors (Lipinski definition) is 4. The molecule has 2 rings (SSSR count). The van der Waals surface area contributed by atoms with Gasteiger partial charge in [0.25, 0.3) is 0 Å². The van der Waals surface area contributed by atoms with Gasteiger partial charge in [-0.15, -0.1) is 0 Å². The fourth-order valence-corrected chi connectivity index (χ4v) is 1.61. The molecule has 1 saturated heterocycles. The minimum atomic E-state index is -0.241. The van der Waals surface area contributed by atoms with E-state index < -0.39 is 0 Å². The summed E-state index contributed by atoms with van der Waals surface area (Å²) < 4.78 is 0. The molecule has 1 aliphatic heterocycles. The highest BCUT2D eigenvalue weighted by atomic mass is 16.1. The quantitative estimate of drug-likeness (QED) is 0.806. The highest BCUT2D eigenvalue weighted by Crippen LogP contribution is 2.21. The first-order chi connectivity index (χ1) is 7.58. The monoisotopic (exact) mass is 220 g/mol. The van der Waals surface area contributed by atoms with Gasteiger partial charge in [-0.25, -0.2) is 9.97 Å². The first-order valence-corrected chi connectivity index (χ1v) is 5.44. The molecule has 0 spiro atoms. The SMILES string of the molecule is CC(C)c1cnc(N2CC(C(N)=O)C2)nc1. The lowest BCUT2D eigenvalue weighted by molar-refractivity contribution is -0.122. The van der Waals surface area contributed by atoms with E-state index in [0.717, 1.165) is 5.56 Å². The maximum Gasteiger partial charge on any atom is 0.225 e. The van der Waals surface area contributed by atoms with Crippen LogP contribution in [-0.2, 0) is 4.79 Å². The van der Waals surface area contributed by atoms with E-state index >= 15 is 0 Å². The van der Waals surface area contributed by atoms with Crippen molar-refractivity contribution in [3.63, 3.8) is 0 Å². The van der Waals surface area contributed by atoms with Crippen molar-refractivity contribution in [2.45, 2.75) is 19.8 Å². The maximum atomic E-state index is 10.9. The van der Waals surface area contributed by atoms with Crippen molar-refractivity contribution in [1.82, 2.24) is 9.97 Å². The summed E-state index contributed by atoms with van der Waals surface area (Å²) in [6.45, 7) is 5.48. The molecule has 1 amide bonds. The molecule has 2 heterocycles. The highest BCUT2D eigenvalue weighted by Gasteiger charge is 2.32. The van der Waals surface area contributed by atoms with Crippen molar-refractivity contribution >= 4 is 11.9 Å². The summed E-state index contributed by atoms with van der Waals surface area (Å²) in [6, 6.07) is 0. The molecule has 1 fully saturated rings. The number of rotatable bonds is 3. The summed E-state index contributed by atoms with van der Waals surface area (Å²) in [4.78, 5) is 21.4. The predicted molar refractivity (Wildman–Crippen MR) is 61.0 cm³/mol. The van der Waals surface area contributed by atoms with Gasteiger partial charge < -0.3 is 10.6 Å². The zero-order valence-electron chi connectivity index (χ0n) is 9.55. The third-order valence-corrected chi connectivity index (χ3v) is 2.89. The van der Waals surface area contributed by atoms with Gasteiger partial charge in [-0.2, -0.15) is 0 Å². The molecule has 2 N–H and O–H groups in total. The summed E-state index contributed by atoms with van der Waals surface area (Å²) in [7, 11) is 0. The van der Waals surface area contributed by atoms with Gasteiger partial charge in [0.15, 0.2) is 0 Å². The van der Waals surface area contributed by atoms with E-state index in [1.54, 1.807) is 0 Å². The molecule has 1 aliphatic rings. The molecule has 0 radical (unpaired) electrons. The van der Waals surface area contributed by atoms with Gasteiger partial charge in [-0.05, 0) is 11.5 Å². The Hall–Kier alpha value is -1.65. The van der Waals surface area contributed by atoms with Gasteiger partial charge >= 0.3 is 0 Å². The molecular formula is C11H16N4O. The number of anilines is 1. The number of aromatic nitrogens is 2. The number of hydrogen-bond donors (Lipinski definition) is 1. The molecule has 86 valence electrons. The molecule has 0 bridgehead atoms. The van der Waals surface area contributed by atoms with Crippen molar-refractivity contribution in [1.29, 1.82) is 0 Å². The van der Waals surface area contributed by atoms with Crippen molar-refractivity contribution in [3.8, 4) is 0 Å². The van der Waals surface area contributed by atoms with E-state index in [1.807, 2.05) is 17.3 Å². The van der Waals surface area contributed by atoms with Crippen molar-refractivity contribution in [2.75, 3.05) is 18.0 Å². The van der Waals surface area contributed by atoms with Gasteiger partial charge in [-0.3, -0.25) is 4.79 Å². The summed E-state index contributed by atoms with van der Waals surface area (Å²) in [5.74, 6) is 0.828. The Kier molecular flexibility index (Phi) is 2.77. The third kappa shape index (κ3) is 1.98. The van der Waals surface area contributed by atoms with Gasteiger partial charge in [0.05, 0.1) is 5.92 Å².